The molecule has 0 N–H and O–H groups in total. The summed E-state index contributed by atoms with van der Waals surface area (Å²) >= 11 is 0. The minimum atomic E-state index is -4.10. The Labute approximate surface area is 196 Å². The summed E-state index contributed by atoms with van der Waals surface area (Å²) in [6.45, 7) is 10.2. The summed E-state index contributed by atoms with van der Waals surface area (Å²) in [5, 5.41) is 0. The summed E-state index contributed by atoms with van der Waals surface area (Å²) in [5.41, 5.74) is 5.33. The van der Waals surface area contributed by atoms with Gasteiger partial charge in [0.05, 0.1) is 4.90 Å². The highest BCUT2D eigenvalue weighted by Crippen LogP contribution is 2.30. The number of carbonyl (C=O) groups excluding carboxylic acids is 2. The average Bonchev–Trinajstić information content (AvgIpc) is 3.19. The van der Waals surface area contributed by atoms with E-state index in [0.29, 0.717) is 26.2 Å². The molecule has 176 valence electrons. The van der Waals surface area contributed by atoms with Crippen molar-refractivity contribution in [1.29, 1.82) is 0 Å². The van der Waals surface area contributed by atoms with Crippen LogP contribution < -0.4 is 4.90 Å². The Morgan fingerprint density at radius 1 is 0.879 bits per heavy atom. The number of piperazine rings is 1. The highest BCUT2D eigenvalue weighted by Gasteiger charge is 2.46. The van der Waals surface area contributed by atoms with Gasteiger partial charge in [0, 0.05) is 38.3 Å². The summed E-state index contributed by atoms with van der Waals surface area (Å²) in [7, 11) is -4.10. The second kappa shape index (κ2) is 8.82. The van der Waals surface area contributed by atoms with Gasteiger partial charge >= 0.3 is 0 Å². The van der Waals surface area contributed by atoms with Crippen LogP contribution in [0.3, 0.4) is 0 Å². The number of hydrogen-bond acceptors (Lipinski definition) is 5. The SMILES string of the molecule is Cc1ccc(C)c(N2CCN(C(=O)[C@@H]3CCC(=O)N3S(=O)(=O)c3ccc(C)c(C)c3)CC2)c1. The molecule has 2 aliphatic heterocycles. The Hall–Kier alpha value is -2.87. The zero-order valence-electron chi connectivity index (χ0n) is 19.7. The van der Waals surface area contributed by atoms with Crippen LogP contribution in [0.1, 0.15) is 35.1 Å². The lowest BCUT2D eigenvalue weighted by atomic mass is 10.1. The molecular formula is C25H31N3O4S. The third-order valence-electron chi connectivity index (χ3n) is 6.78. The second-order valence-corrected chi connectivity index (χ2v) is 10.9. The molecule has 0 saturated carbocycles. The maximum absolute atomic E-state index is 13.4. The minimum Gasteiger partial charge on any atom is -0.368 e. The predicted molar refractivity (Wildman–Crippen MR) is 128 cm³/mol. The van der Waals surface area contributed by atoms with Gasteiger partial charge in [0.1, 0.15) is 6.04 Å². The van der Waals surface area contributed by atoms with Crippen LogP contribution in [0.25, 0.3) is 0 Å². The van der Waals surface area contributed by atoms with E-state index in [1.54, 1.807) is 17.0 Å². The number of amides is 2. The molecule has 0 aliphatic carbocycles. The Kier molecular flexibility index (Phi) is 6.22. The summed E-state index contributed by atoms with van der Waals surface area (Å²) in [6.07, 6.45) is 0.280. The lowest BCUT2D eigenvalue weighted by Gasteiger charge is -2.38. The largest absolute Gasteiger partial charge is 0.368 e. The van der Waals surface area contributed by atoms with Crippen molar-refractivity contribution in [2.24, 2.45) is 0 Å². The molecular weight excluding hydrogens is 438 g/mol. The Morgan fingerprint density at radius 2 is 1.55 bits per heavy atom. The zero-order valence-corrected chi connectivity index (χ0v) is 20.5. The van der Waals surface area contributed by atoms with Crippen molar-refractivity contribution >= 4 is 27.5 Å². The highest BCUT2D eigenvalue weighted by molar-refractivity contribution is 7.89. The zero-order chi connectivity index (χ0) is 23.9. The van der Waals surface area contributed by atoms with Gasteiger partial charge in [-0.1, -0.05) is 18.2 Å². The average molecular weight is 470 g/mol. The summed E-state index contributed by atoms with van der Waals surface area (Å²) < 4.78 is 27.5. The Morgan fingerprint density at radius 3 is 2.21 bits per heavy atom. The van der Waals surface area contributed by atoms with E-state index in [0.717, 1.165) is 21.1 Å². The van der Waals surface area contributed by atoms with Gasteiger partial charge in [-0.3, -0.25) is 9.59 Å². The number of sulfonamides is 1. The lowest BCUT2D eigenvalue weighted by Crippen LogP contribution is -2.55. The first-order chi connectivity index (χ1) is 15.6. The third-order valence-corrected chi connectivity index (χ3v) is 8.60. The topological polar surface area (TPSA) is 78.0 Å². The molecule has 2 saturated heterocycles. The first-order valence-electron chi connectivity index (χ1n) is 11.3. The fraction of sp³-hybridized carbons (Fsp3) is 0.440. The molecule has 0 spiro atoms. The van der Waals surface area contributed by atoms with Gasteiger partial charge in [0.25, 0.3) is 10.0 Å². The molecule has 33 heavy (non-hydrogen) atoms. The molecule has 2 aromatic carbocycles. The molecule has 1 atom stereocenters. The maximum atomic E-state index is 13.4. The van der Waals surface area contributed by atoms with E-state index in [4.69, 9.17) is 0 Å². The lowest BCUT2D eigenvalue weighted by molar-refractivity contribution is -0.138. The van der Waals surface area contributed by atoms with Gasteiger partial charge in [-0.25, -0.2) is 12.7 Å². The molecule has 2 heterocycles. The van der Waals surface area contributed by atoms with Crippen molar-refractivity contribution in [3.63, 3.8) is 0 Å². The van der Waals surface area contributed by atoms with E-state index >= 15 is 0 Å². The number of nitrogens with zero attached hydrogens (tertiary/aromatic N) is 3. The Balaban J connectivity index is 1.51. The molecule has 2 aromatic rings. The number of aryl methyl sites for hydroxylation is 4. The van der Waals surface area contributed by atoms with Crippen LogP contribution in [0.5, 0.6) is 0 Å². The van der Waals surface area contributed by atoms with Crippen molar-refractivity contribution in [2.75, 3.05) is 31.1 Å². The van der Waals surface area contributed by atoms with Crippen LogP contribution in [0.2, 0.25) is 0 Å². The first-order valence-corrected chi connectivity index (χ1v) is 12.8. The summed E-state index contributed by atoms with van der Waals surface area (Å²) in [4.78, 5) is 30.0. The van der Waals surface area contributed by atoms with Crippen LogP contribution in [-0.2, 0) is 19.6 Å². The van der Waals surface area contributed by atoms with Crippen LogP contribution in [0.4, 0.5) is 5.69 Å². The van der Waals surface area contributed by atoms with Crippen molar-refractivity contribution in [3.05, 3.63) is 58.7 Å². The van der Waals surface area contributed by atoms with E-state index < -0.39 is 22.0 Å². The number of rotatable bonds is 4. The molecule has 2 fully saturated rings. The molecule has 2 aliphatic rings. The predicted octanol–water partition coefficient (Wildman–Crippen LogP) is 2.95. The van der Waals surface area contributed by atoms with Gasteiger partial charge in [0.15, 0.2) is 0 Å². The van der Waals surface area contributed by atoms with Crippen molar-refractivity contribution in [1.82, 2.24) is 9.21 Å². The molecule has 4 rings (SSSR count). The first kappa shape index (κ1) is 23.3. The molecule has 0 aromatic heterocycles. The van der Waals surface area contributed by atoms with E-state index in [1.165, 1.54) is 17.2 Å². The van der Waals surface area contributed by atoms with Crippen molar-refractivity contribution in [2.45, 2.75) is 51.5 Å². The highest BCUT2D eigenvalue weighted by atomic mass is 32.2. The summed E-state index contributed by atoms with van der Waals surface area (Å²) in [6, 6.07) is 10.2. The van der Waals surface area contributed by atoms with E-state index in [2.05, 4.69) is 36.9 Å². The van der Waals surface area contributed by atoms with E-state index in [9.17, 15) is 18.0 Å². The second-order valence-electron chi connectivity index (χ2n) is 9.10. The Bertz CT molecular complexity index is 1200. The van der Waals surface area contributed by atoms with Crippen molar-refractivity contribution < 1.29 is 18.0 Å². The van der Waals surface area contributed by atoms with Gasteiger partial charge in [-0.05, 0) is 74.6 Å². The standard InChI is InChI=1S/C25H31N3O4S/c1-17-5-6-19(3)23(15-17)26-11-13-27(14-12-26)25(30)22-9-10-24(29)28(22)33(31,32)21-8-7-18(2)20(4)16-21/h5-8,15-16,22H,9-14H2,1-4H3/t22-/m0/s1. The fourth-order valence-corrected chi connectivity index (χ4v) is 6.30. The third kappa shape index (κ3) is 4.36. The van der Waals surface area contributed by atoms with Gasteiger partial charge < -0.3 is 9.80 Å². The van der Waals surface area contributed by atoms with Gasteiger partial charge in [-0.2, -0.15) is 0 Å². The van der Waals surface area contributed by atoms with E-state index in [1.807, 2.05) is 13.8 Å². The number of anilines is 1. The molecule has 7 nitrogen and oxygen atoms in total. The number of hydrogen-bond donors (Lipinski definition) is 0. The molecule has 0 bridgehead atoms. The number of carbonyl (C=O) groups is 2. The van der Waals surface area contributed by atoms with Crippen LogP contribution in [0, 0.1) is 27.7 Å². The monoisotopic (exact) mass is 469 g/mol. The molecule has 8 heteroatoms. The molecule has 0 unspecified atom stereocenters. The van der Waals surface area contributed by atoms with Gasteiger partial charge in [-0.15, -0.1) is 0 Å². The molecule has 0 radical (unpaired) electrons. The summed E-state index contributed by atoms with van der Waals surface area (Å²) in [5.74, 6) is -0.797. The van der Waals surface area contributed by atoms with E-state index in [-0.39, 0.29) is 23.6 Å². The minimum absolute atomic E-state index is 0.0541. The quantitative estimate of drug-likeness (QED) is 0.688. The molecule has 2 amide bonds. The number of benzene rings is 2. The normalized spacial score (nSPS) is 19.3. The maximum Gasteiger partial charge on any atom is 0.267 e. The van der Waals surface area contributed by atoms with Crippen LogP contribution >= 0.6 is 0 Å². The van der Waals surface area contributed by atoms with Gasteiger partial charge in [0.2, 0.25) is 11.8 Å². The van der Waals surface area contributed by atoms with Crippen LogP contribution in [-0.4, -0.2) is 61.7 Å². The van der Waals surface area contributed by atoms with Crippen LogP contribution in [0.15, 0.2) is 41.3 Å². The fourth-order valence-electron chi connectivity index (χ4n) is 4.61. The smallest absolute Gasteiger partial charge is 0.267 e. The van der Waals surface area contributed by atoms with Crippen molar-refractivity contribution in [3.8, 4) is 0 Å².